The molecule has 5 nitrogen and oxygen atoms in total. The maximum absolute atomic E-state index is 6.47. The van der Waals surface area contributed by atoms with E-state index in [1.165, 1.54) is 0 Å². The van der Waals surface area contributed by atoms with Crippen LogP contribution in [0.3, 0.4) is 0 Å². The quantitative estimate of drug-likeness (QED) is 0.866. The molecule has 0 bridgehead atoms. The molecule has 21 heavy (non-hydrogen) atoms. The molecule has 1 heterocycles. The van der Waals surface area contributed by atoms with E-state index in [0.29, 0.717) is 11.5 Å². The smallest absolute Gasteiger partial charge is 0.165 e. The van der Waals surface area contributed by atoms with E-state index in [4.69, 9.17) is 15.2 Å². The fraction of sp³-hybridized carbons (Fsp3) is 0.400. The first-order valence-corrected chi connectivity index (χ1v) is 7.61. The molecule has 1 atom stereocenters. The van der Waals surface area contributed by atoms with Gasteiger partial charge in [0.15, 0.2) is 11.5 Å². The standard InChI is InChI=1S/C15H20BrN3O2/c1-4-8-19-14(11(16)9-18-19)13(17)10-6-5-7-12(20-2)15(10)21-3/h5-7,9,13H,4,8,17H2,1-3H3. The average Bonchev–Trinajstić information content (AvgIpc) is 2.86. The Kier molecular flexibility index (Phi) is 5.25. The van der Waals surface area contributed by atoms with Gasteiger partial charge in [0.05, 0.1) is 36.6 Å². The highest BCUT2D eigenvalue weighted by atomic mass is 79.9. The molecule has 0 aliphatic rings. The molecular formula is C15H20BrN3O2. The third kappa shape index (κ3) is 3.06. The summed E-state index contributed by atoms with van der Waals surface area (Å²) in [5.41, 5.74) is 8.27. The highest BCUT2D eigenvalue weighted by molar-refractivity contribution is 9.10. The number of aromatic nitrogens is 2. The first kappa shape index (κ1) is 15.9. The molecule has 0 amide bonds. The minimum absolute atomic E-state index is 0.349. The van der Waals surface area contributed by atoms with Crippen LogP contribution >= 0.6 is 15.9 Å². The Hall–Kier alpha value is -1.53. The summed E-state index contributed by atoms with van der Waals surface area (Å²) in [5.74, 6) is 1.33. The molecule has 1 unspecified atom stereocenters. The second-order valence-electron chi connectivity index (χ2n) is 4.66. The van der Waals surface area contributed by atoms with Crippen molar-refractivity contribution in [2.75, 3.05) is 14.2 Å². The molecule has 2 N–H and O–H groups in total. The Bertz CT molecular complexity index is 613. The second kappa shape index (κ2) is 6.95. The van der Waals surface area contributed by atoms with Crippen LogP contribution in [0.2, 0.25) is 0 Å². The SMILES string of the molecule is CCCn1ncc(Br)c1C(N)c1cccc(OC)c1OC. The lowest BCUT2D eigenvalue weighted by Crippen LogP contribution is -2.19. The molecule has 6 heteroatoms. The molecule has 0 aliphatic carbocycles. The van der Waals surface area contributed by atoms with E-state index >= 15 is 0 Å². The molecule has 2 aromatic rings. The molecule has 114 valence electrons. The molecule has 2 rings (SSSR count). The molecule has 1 aromatic carbocycles. The Morgan fingerprint density at radius 3 is 2.71 bits per heavy atom. The highest BCUT2D eigenvalue weighted by Crippen LogP contribution is 2.37. The lowest BCUT2D eigenvalue weighted by molar-refractivity contribution is 0.350. The van der Waals surface area contributed by atoms with Crippen LogP contribution in [0, 0.1) is 0 Å². The summed E-state index contributed by atoms with van der Waals surface area (Å²) in [7, 11) is 3.23. The van der Waals surface area contributed by atoms with Gasteiger partial charge in [-0.15, -0.1) is 0 Å². The zero-order valence-corrected chi connectivity index (χ0v) is 14.1. The number of para-hydroxylation sites is 1. The number of methoxy groups -OCH3 is 2. The number of hydrogen-bond acceptors (Lipinski definition) is 4. The van der Waals surface area contributed by atoms with E-state index in [1.807, 2.05) is 22.9 Å². The Morgan fingerprint density at radius 2 is 2.10 bits per heavy atom. The molecule has 1 aromatic heterocycles. The predicted molar refractivity (Wildman–Crippen MR) is 85.8 cm³/mol. The fourth-order valence-corrected chi connectivity index (χ4v) is 2.92. The van der Waals surface area contributed by atoms with Gasteiger partial charge < -0.3 is 15.2 Å². The van der Waals surface area contributed by atoms with Gasteiger partial charge in [-0.3, -0.25) is 4.68 Å². The molecule has 0 saturated heterocycles. The van der Waals surface area contributed by atoms with Crippen molar-refractivity contribution in [2.45, 2.75) is 25.9 Å². The lowest BCUT2D eigenvalue weighted by Gasteiger charge is -2.19. The number of benzene rings is 1. The van der Waals surface area contributed by atoms with Crippen LogP contribution in [0.15, 0.2) is 28.9 Å². The monoisotopic (exact) mass is 353 g/mol. The maximum Gasteiger partial charge on any atom is 0.165 e. The summed E-state index contributed by atoms with van der Waals surface area (Å²) in [5, 5.41) is 4.37. The summed E-state index contributed by atoms with van der Waals surface area (Å²) in [6.07, 6.45) is 2.76. The van der Waals surface area contributed by atoms with Gasteiger partial charge in [-0.2, -0.15) is 5.10 Å². The highest BCUT2D eigenvalue weighted by Gasteiger charge is 2.22. The van der Waals surface area contributed by atoms with Gasteiger partial charge in [-0.25, -0.2) is 0 Å². The van der Waals surface area contributed by atoms with Gasteiger partial charge in [0.25, 0.3) is 0 Å². The van der Waals surface area contributed by atoms with Crippen molar-refractivity contribution in [1.82, 2.24) is 9.78 Å². The number of rotatable bonds is 6. The zero-order chi connectivity index (χ0) is 15.4. The molecule has 0 saturated carbocycles. The molecule has 0 fully saturated rings. The van der Waals surface area contributed by atoms with Crippen molar-refractivity contribution < 1.29 is 9.47 Å². The average molecular weight is 354 g/mol. The van der Waals surface area contributed by atoms with Gasteiger partial charge in [0, 0.05) is 12.1 Å². The first-order chi connectivity index (χ1) is 10.1. The Labute approximate surface area is 133 Å². The van der Waals surface area contributed by atoms with Gasteiger partial charge in [-0.05, 0) is 28.4 Å². The van der Waals surface area contributed by atoms with Gasteiger partial charge in [-0.1, -0.05) is 19.1 Å². The van der Waals surface area contributed by atoms with E-state index in [1.54, 1.807) is 20.4 Å². The van der Waals surface area contributed by atoms with Crippen molar-refractivity contribution in [2.24, 2.45) is 5.73 Å². The zero-order valence-electron chi connectivity index (χ0n) is 12.5. The van der Waals surface area contributed by atoms with Crippen molar-refractivity contribution >= 4 is 15.9 Å². The van der Waals surface area contributed by atoms with Crippen LogP contribution in [-0.2, 0) is 6.54 Å². The number of hydrogen-bond donors (Lipinski definition) is 1. The van der Waals surface area contributed by atoms with E-state index in [-0.39, 0.29) is 6.04 Å². The normalized spacial score (nSPS) is 12.2. The molecule has 0 spiro atoms. The summed E-state index contributed by atoms with van der Waals surface area (Å²) in [6, 6.07) is 5.36. The number of aryl methyl sites for hydroxylation is 1. The Morgan fingerprint density at radius 1 is 1.33 bits per heavy atom. The summed E-state index contributed by atoms with van der Waals surface area (Å²) in [6.45, 7) is 2.93. The summed E-state index contributed by atoms with van der Waals surface area (Å²) < 4.78 is 13.6. The van der Waals surface area contributed by atoms with Crippen molar-refractivity contribution in [3.05, 3.63) is 40.1 Å². The van der Waals surface area contributed by atoms with E-state index in [9.17, 15) is 0 Å². The van der Waals surface area contributed by atoms with E-state index < -0.39 is 0 Å². The van der Waals surface area contributed by atoms with Crippen LogP contribution in [0.4, 0.5) is 0 Å². The minimum Gasteiger partial charge on any atom is -0.493 e. The van der Waals surface area contributed by atoms with E-state index in [0.717, 1.165) is 28.7 Å². The van der Waals surface area contributed by atoms with Crippen molar-refractivity contribution in [3.8, 4) is 11.5 Å². The third-order valence-corrected chi connectivity index (χ3v) is 3.94. The van der Waals surface area contributed by atoms with Crippen molar-refractivity contribution in [1.29, 1.82) is 0 Å². The largest absolute Gasteiger partial charge is 0.493 e. The van der Waals surface area contributed by atoms with Crippen LogP contribution in [-0.4, -0.2) is 24.0 Å². The fourth-order valence-electron chi connectivity index (χ4n) is 2.38. The first-order valence-electron chi connectivity index (χ1n) is 6.81. The van der Waals surface area contributed by atoms with Gasteiger partial charge in [0.2, 0.25) is 0 Å². The summed E-state index contributed by atoms with van der Waals surface area (Å²) >= 11 is 3.53. The second-order valence-corrected chi connectivity index (χ2v) is 5.52. The topological polar surface area (TPSA) is 62.3 Å². The minimum atomic E-state index is -0.349. The number of nitrogens with zero attached hydrogens (tertiary/aromatic N) is 2. The Balaban J connectivity index is 2.50. The molecular weight excluding hydrogens is 334 g/mol. The summed E-state index contributed by atoms with van der Waals surface area (Å²) in [4.78, 5) is 0. The van der Waals surface area contributed by atoms with Crippen LogP contribution in [0.5, 0.6) is 11.5 Å². The molecule has 0 aliphatic heterocycles. The number of ether oxygens (including phenoxy) is 2. The number of halogens is 1. The maximum atomic E-state index is 6.47. The van der Waals surface area contributed by atoms with E-state index in [2.05, 4.69) is 28.0 Å². The molecule has 0 radical (unpaired) electrons. The number of nitrogens with two attached hydrogens (primary N) is 1. The van der Waals surface area contributed by atoms with Crippen LogP contribution in [0.25, 0.3) is 0 Å². The van der Waals surface area contributed by atoms with Crippen molar-refractivity contribution in [3.63, 3.8) is 0 Å². The van der Waals surface area contributed by atoms with Gasteiger partial charge >= 0.3 is 0 Å². The third-order valence-electron chi connectivity index (χ3n) is 3.33. The lowest BCUT2D eigenvalue weighted by atomic mass is 10.0. The van der Waals surface area contributed by atoms with Crippen LogP contribution < -0.4 is 15.2 Å². The van der Waals surface area contributed by atoms with Gasteiger partial charge in [0.1, 0.15) is 0 Å². The predicted octanol–water partition coefficient (Wildman–Crippen LogP) is 3.12. The van der Waals surface area contributed by atoms with Crippen LogP contribution in [0.1, 0.15) is 30.6 Å².